The highest BCUT2D eigenvalue weighted by atomic mass is 16.3. The van der Waals surface area contributed by atoms with E-state index in [0.29, 0.717) is 16.8 Å². The first kappa shape index (κ1) is 16.2. The van der Waals surface area contributed by atoms with Gasteiger partial charge in [0.25, 0.3) is 5.91 Å². The molecule has 1 N–H and O–H groups in total. The average molecular weight is 343 g/mol. The maximum Gasteiger partial charge on any atom is 0.277 e. The molecule has 0 saturated carbocycles. The van der Waals surface area contributed by atoms with Gasteiger partial charge in [0.05, 0.1) is 5.71 Å². The molecule has 2 heterocycles. The van der Waals surface area contributed by atoms with Gasteiger partial charge in [-0.15, -0.1) is 0 Å². The van der Waals surface area contributed by atoms with Crippen LogP contribution in [-0.4, -0.2) is 26.7 Å². The molecular formula is C21H17N3O2. The SMILES string of the molecule is O=C(c1ccncc1)N1N=C(c2ccccc2)C[C@@]1(O)c1ccccc1. The van der Waals surface area contributed by atoms with E-state index in [1.54, 1.807) is 36.7 Å². The van der Waals surface area contributed by atoms with Crippen LogP contribution >= 0.6 is 0 Å². The van der Waals surface area contributed by atoms with Crippen molar-refractivity contribution >= 4 is 11.6 Å². The number of aromatic nitrogens is 1. The monoisotopic (exact) mass is 343 g/mol. The third-order valence-electron chi connectivity index (χ3n) is 4.45. The molecule has 2 aromatic carbocycles. The molecule has 1 atom stereocenters. The molecule has 4 rings (SSSR count). The van der Waals surface area contributed by atoms with Gasteiger partial charge in [-0.25, -0.2) is 0 Å². The number of pyridine rings is 1. The molecule has 0 spiro atoms. The quantitative estimate of drug-likeness (QED) is 0.794. The third kappa shape index (κ3) is 2.78. The summed E-state index contributed by atoms with van der Waals surface area (Å²) in [5, 5.41) is 17.1. The number of rotatable bonds is 3. The zero-order valence-electron chi connectivity index (χ0n) is 14.0. The predicted molar refractivity (Wildman–Crippen MR) is 98.3 cm³/mol. The zero-order valence-corrected chi connectivity index (χ0v) is 14.0. The van der Waals surface area contributed by atoms with Crippen LogP contribution in [0.2, 0.25) is 0 Å². The molecule has 1 aromatic heterocycles. The van der Waals surface area contributed by atoms with Gasteiger partial charge in [-0.2, -0.15) is 10.1 Å². The lowest BCUT2D eigenvalue weighted by molar-refractivity contribution is -0.0765. The van der Waals surface area contributed by atoms with Crippen molar-refractivity contribution in [3.63, 3.8) is 0 Å². The van der Waals surface area contributed by atoms with Crippen LogP contribution in [0.25, 0.3) is 0 Å². The Morgan fingerprint density at radius 2 is 1.54 bits per heavy atom. The zero-order chi connectivity index (χ0) is 18.0. The largest absolute Gasteiger partial charge is 0.365 e. The van der Waals surface area contributed by atoms with Crippen LogP contribution < -0.4 is 0 Å². The summed E-state index contributed by atoms with van der Waals surface area (Å²) in [6.07, 6.45) is 3.32. The molecule has 128 valence electrons. The molecule has 0 unspecified atom stereocenters. The fourth-order valence-electron chi connectivity index (χ4n) is 3.10. The Morgan fingerprint density at radius 1 is 0.923 bits per heavy atom. The minimum Gasteiger partial charge on any atom is -0.365 e. The normalized spacial score (nSPS) is 19.3. The van der Waals surface area contributed by atoms with Crippen LogP contribution in [-0.2, 0) is 5.72 Å². The van der Waals surface area contributed by atoms with Crippen LogP contribution in [0.3, 0.4) is 0 Å². The molecule has 26 heavy (non-hydrogen) atoms. The number of carbonyl (C=O) groups is 1. The maximum atomic E-state index is 13.0. The summed E-state index contributed by atoms with van der Waals surface area (Å²) in [7, 11) is 0. The number of aliphatic hydroxyl groups is 1. The molecule has 1 aliphatic rings. The van der Waals surface area contributed by atoms with Crippen molar-refractivity contribution in [1.82, 2.24) is 9.99 Å². The summed E-state index contributed by atoms with van der Waals surface area (Å²) in [5.41, 5.74) is 1.06. The summed E-state index contributed by atoms with van der Waals surface area (Å²) >= 11 is 0. The number of hydrogen-bond donors (Lipinski definition) is 1. The minimum absolute atomic E-state index is 0.220. The topological polar surface area (TPSA) is 65.8 Å². The van der Waals surface area contributed by atoms with E-state index < -0.39 is 5.72 Å². The second kappa shape index (κ2) is 6.54. The number of carbonyl (C=O) groups excluding carboxylic acids is 1. The molecule has 1 amide bonds. The highest BCUT2D eigenvalue weighted by Crippen LogP contribution is 2.37. The molecule has 0 bridgehead atoms. The second-order valence-corrected chi connectivity index (χ2v) is 6.12. The fourth-order valence-corrected chi connectivity index (χ4v) is 3.10. The van der Waals surface area contributed by atoms with Crippen LogP contribution in [0.4, 0.5) is 0 Å². The highest BCUT2D eigenvalue weighted by molar-refractivity contribution is 6.05. The van der Waals surface area contributed by atoms with Crippen molar-refractivity contribution in [1.29, 1.82) is 0 Å². The Bertz CT molecular complexity index is 943. The number of hydrogen-bond acceptors (Lipinski definition) is 4. The van der Waals surface area contributed by atoms with Crippen molar-refractivity contribution in [2.24, 2.45) is 5.10 Å². The van der Waals surface area contributed by atoms with Gasteiger partial charge in [-0.05, 0) is 17.7 Å². The Balaban J connectivity index is 1.80. The number of nitrogens with zero attached hydrogens (tertiary/aromatic N) is 3. The second-order valence-electron chi connectivity index (χ2n) is 6.12. The number of hydrazone groups is 1. The predicted octanol–water partition coefficient (Wildman–Crippen LogP) is 3.18. The number of amides is 1. The van der Waals surface area contributed by atoms with Gasteiger partial charge in [0.2, 0.25) is 0 Å². The van der Waals surface area contributed by atoms with Crippen molar-refractivity contribution in [2.75, 3.05) is 0 Å². The van der Waals surface area contributed by atoms with Crippen LogP contribution in [0.5, 0.6) is 0 Å². The van der Waals surface area contributed by atoms with E-state index in [1.165, 1.54) is 5.01 Å². The van der Waals surface area contributed by atoms with Gasteiger partial charge in [-0.3, -0.25) is 9.78 Å². The molecule has 0 saturated heterocycles. The molecule has 5 heteroatoms. The lowest BCUT2D eigenvalue weighted by Crippen LogP contribution is -2.43. The van der Waals surface area contributed by atoms with Gasteiger partial charge >= 0.3 is 0 Å². The average Bonchev–Trinajstić information content (AvgIpc) is 3.08. The van der Waals surface area contributed by atoms with Crippen LogP contribution in [0.15, 0.2) is 90.3 Å². The smallest absolute Gasteiger partial charge is 0.277 e. The van der Waals surface area contributed by atoms with Gasteiger partial charge in [0, 0.05) is 29.9 Å². The minimum atomic E-state index is -1.53. The maximum absolute atomic E-state index is 13.0. The third-order valence-corrected chi connectivity index (χ3v) is 4.45. The summed E-state index contributed by atoms with van der Waals surface area (Å²) in [6.45, 7) is 0. The van der Waals surface area contributed by atoms with Crippen molar-refractivity contribution in [3.8, 4) is 0 Å². The molecular weight excluding hydrogens is 326 g/mol. The molecule has 1 aliphatic heterocycles. The summed E-state index contributed by atoms with van der Waals surface area (Å²) < 4.78 is 0. The first-order valence-corrected chi connectivity index (χ1v) is 8.34. The van der Waals surface area contributed by atoms with E-state index >= 15 is 0 Å². The highest BCUT2D eigenvalue weighted by Gasteiger charge is 2.46. The Morgan fingerprint density at radius 3 is 2.19 bits per heavy atom. The summed E-state index contributed by atoms with van der Waals surface area (Å²) in [4.78, 5) is 17.0. The Kier molecular flexibility index (Phi) is 4.07. The Hall–Kier alpha value is -3.31. The van der Waals surface area contributed by atoms with E-state index in [2.05, 4.69) is 10.1 Å². The molecule has 5 nitrogen and oxygen atoms in total. The summed E-state index contributed by atoms with van der Waals surface area (Å²) in [6, 6.07) is 22.0. The van der Waals surface area contributed by atoms with Gasteiger partial charge < -0.3 is 5.11 Å². The van der Waals surface area contributed by atoms with Crippen LogP contribution in [0.1, 0.15) is 27.9 Å². The van der Waals surface area contributed by atoms with Gasteiger partial charge in [0.15, 0.2) is 5.72 Å². The molecule has 0 fully saturated rings. The lowest BCUT2D eigenvalue weighted by atomic mass is 9.94. The number of benzene rings is 2. The van der Waals surface area contributed by atoms with Crippen molar-refractivity contribution in [2.45, 2.75) is 12.1 Å². The first-order chi connectivity index (χ1) is 12.7. The van der Waals surface area contributed by atoms with E-state index in [0.717, 1.165) is 5.56 Å². The van der Waals surface area contributed by atoms with Crippen molar-refractivity contribution < 1.29 is 9.90 Å². The first-order valence-electron chi connectivity index (χ1n) is 8.34. The van der Waals surface area contributed by atoms with Gasteiger partial charge in [-0.1, -0.05) is 60.7 Å². The van der Waals surface area contributed by atoms with E-state index in [4.69, 9.17) is 0 Å². The summed E-state index contributed by atoms with van der Waals surface area (Å²) in [5.74, 6) is -0.371. The van der Waals surface area contributed by atoms with E-state index in [9.17, 15) is 9.90 Å². The standard InChI is InChI=1S/C21H17N3O2/c25-20(17-11-13-22-14-12-17)24-21(26,18-9-5-2-6-10-18)15-19(23-24)16-7-3-1-4-8-16/h1-14,26H,15H2/t21-/m1/s1. The van der Waals surface area contributed by atoms with E-state index in [1.807, 2.05) is 48.5 Å². The molecule has 3 aromatic rings. The van der Waals surface area contributed by atoms with Crippen LogP contribution in [0, 0.1) is 0 Å². The lowest BCUT2D eigenvalue weighted by Gasteiger charge is -2.31. The fraction of sp³-hybridized carbons (Fsp3) is 0.0952. The van der Waals surface area contributed by atoms with E-state index in [-0.39, 0.29) is 12.3 Å². The van der Waals surface area contributed by atoms with Gasteiger partial charge in [0.1, 0.15) is 0 Å². The van der Waals surface area contributed by atoms with Crippen molar-refractivity contribution in [3.05, 3.63) is 102 Å². The molecule has 0 radical (unpaired) electrons. The Labute approximate surface area is 151 Å². The molecule has 0 aliphatic carbocycles.